The van der Waals surface area contributed by atoms with Gasteiger partial charge in [0.2, 0.25) is 0 Å². The summed E-state index contributed by atoms with van der Waals surface area (Å²) in [7, 11) is 1.96. The molecule has 0 atom stereocenters. The molecule has 0 aliphatic heterocycles. The van der Waals surface area contributed by atoms with Crippen molar-refractivity contribution in [3.8, 4) is 0 Å². The van der Waals surface area contributed by atoms with Gasteiger partial charge in [0.1, 0.15) is 0 Å². The van der Waals surface area contributed by atoms with E-state index in [1.54, 1.807) is 0 Å². The topological polar surface area (TPSA) is 32.3 Å². The molecule has 0 aromatic heterocycles. The molecule has 2 N–H and O–H groups in total. The highest BCUT2D eigenvalue weighted by Gasteiger charge is 2.36. The highest BCUT2D eigenvalue weighted by molar-refractivity contribution is 6.42. The first kappa shape index (κ1) is 14.1. The third kappa shape index (κ3) is 2.83. The van der Waals surface area contributed by atoms with E-state index in [2.05, 4.69) is 11.4 Å². The van der Waals surface area contributed by atoms with Crippen LogP contribution in [0.2, 0.25) is 10.0 Å². The second kappa shape index (κ2) is 5.79. The lowest BCUT2D eigenvalue weighted by atomic mass is 9.68. The van der Waals surface area contributed by atoms with Crippen LogP contribution in [0.15, 0.2) is 18.2 Å². The summed E-state index contributed by atoms with van der Waals surface area (Å²) < 4.78 is 0. The van der Waals surface area contributed by atoms with Crippen LogP contribution in [0.5, 0.6) is 0 Å². The van der Waals surface area contributed by atoms with Gasteiger partial charge in [0.15, 0.2) is 0 Å². The molecule has 18 heavy (non-hydrogen) atoms. The van der Waals surface area contributed by atoms with Crippen LogP contribution in [0.1, 0.15) is 31.2 Å². The van der Waals surface area contributed by atoms with Crippen molar-refractivity contribution in [1.29, 1.82) is 0 Å². The third-order valence-corrected chi connectivity index (χ3v) is 4.70. The Balaban J connectivity index is 2.31. The Kier molecular flexibility index (Phi) is 4.54. The first-order chi connectivity index (χ1) is 8.57. The molecular weight excluding hydrogens is 269 g/mol. The van der Waals surface area contributed by atoms with Crippen LogP contribution in [0.3, 0.4) is 0 Å². The van der Waals surface area contributed by atoms with E-state index in [-0.39, 0.29) is 11.5 Å². The molecule has 1 aromatic carbocycles. The molecule has 1 aliphatic carbocycles. The summed E-state index contributed by atoms with van der Waals surface area (Å²) in [5, 5.41) is 14.2. The van der Waals surface area contributed by atoms with Gasteiger partial charge in [-0.15, -0.1) is 0 Å². The molecule has 0 unspecified atom stereocenters. The van der Waals surface area contributed by atoms with Gasteiger partial charge in [-0.05, 0) is 50.4 Å². The first-order valence-electron chi connectivity index (χ1n) is 6.35. The Hall–Kier alpha value is -0.280. The highest BCUT2D eigenvalue weighted by Crippen LogP contribution is 2.40. The number of aliphatic hydroxyl groups is 1. The molecule has 1 aliphatic rings. The van der Waals surface area contributed by atoms with Crippen LogP contribution in [-0.4, -0.2) is 24.8 Å². The number of hydrogen-bond donors (Lipinski definition) is 2. The zero-order valence-electron chi connectivity index (χ0n) is 10.5. The second-order valence-corrected chi connectivity index (χ2v) is 5.99. The zero-order chi connectivity index (χ0) is 13.2. The van der Waals surface area contributed by atoms with Crippen molar-refractivity contribution < 1.29 is 5.11 Å². The zero-order valence-corrected chi connectivity index (χ0v) is 12.1. The Morgan fingerprint density at radius 3 is 2.50 bits per heavy atom. The number of nitrogens with one attached hydrogen (secondary N) is 1. The summed E-state index contributed by atoms with van der Waals surface area (Å²) >= 11 is 12.1. The van der Waals surface area contributed by atoms with Crippen molar-refractivity contribution in [1.82, 2.24) is 5.32 Å². The molecule has 2 rings (SSSR count). The lowest BCUT2D eigenvalue weighted by Gasteiger charge is -2.39. The standard InChI is InChI=1S/C14H19Cl2NO/c1-17-9-14(6-4-11(18)5-7-14)10-2-3-12(15)13(16)8-10/h2-3,8,11,17-18H,4-7,9H2,1H3/t11-,14+. The smallest absolute Gasteiger partial charge is 0.0595 e. The average Bonchev–Trinajstić information content (AvgIpc) is 2.36. The molecule has 4 heteroatoms. The molecular formula is C14H19Cl2NO. The second-order valence-electron chi connectivity index (χ2n) is 5.17. The highest BCUT2D eigenvalue weighted by atomic mass is 35.5. The van der Waals surface area contributed by atoms with Crippen LogP contribution in [0.25, 0.3) is 0 Å². The van der Waals surface area contributed by atoms with Gasteiger partial charge >= 0.3 is 0 Å². The lowest BCUT2D eigenvalue weighted by Crippen LogP contribution is -2.41. The summed E-state index contributed by atoms with van der Waals surface area (Å²) in [6.07, 6.45) is 3.50. The first-order valence-corrected chi connectivity index (χ1v) is 7.11. The molecule has 100 valence electrons. The van der Waals surface area contributed by atoms with Crippen molar-refractivity contribution in [3.05, 3.63) is 33.8 Å². The molecule has 0 amide bonds. The monoisotopic (exact) mass is 287 g/mol. The summed E-state index contributed by atoms with van der Waals surface area (Å²) in [5.41, 5.74) is 1.29. The van der Waals surface area contributed by atoms with E-state index in [0.29, 0.717) is 10.0 Å². The van der Waals surface area contributed by atoms with Gasteiger partial charge in [-0.2, -0.15) is 0 Å². The van der Waals surface area contributed by atoms with Crippen molar-refractivity contribution in [2.45, 2.75) is 37.2 Å². The van der Waals surface area contributed by atoms with Gasteiger partial charge in [-0.1, -0.05) is 29.3 Å². The van der Waals surface area contributed by atoms with Crippen molar-refractivity contribution >= 4 is 23.2 Å². The molecule has 0 radical (unpaired) electrons. The normalized spacial score (nSPS) is 28.3. The minimum Gasteiger partial charge on any atom is -0.393 e. The summed E-state index contributed by atoms with van der Waals surface area (Å²) in [4.78, 5) is 0. The van der Waals surface area contributed by atoms with Crippen molar-refractivity contribution in [2.24, 2.45) is 0 Å². The fraction of sp³-hybridized carbons (Fsp3) is 0.571. The molecule has 0 spiro atoms. The van der Waals surface area contributed by atoms with Gasteiger partial charge in [-0.3, -0.25) is 0 Å². The van der Waals surface area contributed by atoms with Gasteiger partial charge in [0.05, 0.1) is 16.1 Å². The molecule has 0 bridgehead atoms. The Morgan fingerprint density at radius 1 is 1.28 bits per heavy atom. The summed E-state index contributed by atoms with van der Waals surface area (Å²) in [5.74, 6) is 0. The number of aliphatic hydroxyl groups excluding tert-OH is 1. The van der Waals surface area contributed by atoms with Crippen molar-refractivity contribution in [3.63, 3.8) is 0 Å². The summed E-state index contributed by atoms with van der Waals surface area (Å²) in [6.45, 7) is 0.900. The van der Waals surface area contributed by atoms with Crippen molar-refractivity contribution in [2.75, 3.05) is 13.6 Å². The van der Waals surface area contributed by atoms with Gasteiger partial charge in [0.25, 0.3) is 0 Å². The van der Waals surface area contributed by atoms with Crippen LogP contribution in [0, 0.1) is 0 Å². The van der Waals surface area contributed by atoms with E-state index in [9.17, 15) is 5.11 Å². The van der Waals surface area contributed by atoms with Gasteiger partial charge in [0, 0.05) is 12.0 Å². The van der Waals surface area contributed by atoms with Crippen LogP contribution in [-0.2, 0) is 5.41 Å². The number of rotatable bonds is 3. The van der Waals surface area contributed by atoms with E-state index in [4.69, 9.17) is 23.2 Å². The van der Waals surface area contributed by atoms with Gasteiger partial charge in [-0.25, -0.2) is 0 Å². The number of benzene rings is 1. The lowest BCUT2D eigenvalue weighted by molar-refractivity contribution is 0.0952. The Bertz CT molecular complexity index is 414. The fourth-order valence-electron chi connectivity index (χ4n) is 2.89. The molecule has 2 nitrogen and oxygen atoms in total. The van der Waals surface area contributed by atoms with E-state index in [1.165, 1.54) is 5.56 Å². The molecule has 0 heterocycles. The molecule has 1 fully saturated rings. The third-order valence-electron chi connectivity index (χ3n) is 3.96. The van der Waals surface area contributed by atoms with Crippen LogP contribution >= 0.6 is 23.2 Å². The Labute approximate surface area is 118 Å². The predicted molar refractivity (Wildman–Crippen MR) is 76.5 cm³/mol. The van der Waals surface area contributed by atoms with E-state index >= 15 is 0 Å². The minimum atomic E-state index is -0.155. The maximum Gasteiger partial charge on any atom is 0.0595 e. The van der Waals surface area contributed by atoms with Crippen LogP contribution < -0.4 is 5.32 Å². The molecule has 1 saturated carbocycles. The number of likely N-dealkylation sites (N-methyl/N-ethyl adjacent to an activating group) is 1. The predicted octanol–water partition coefficient (Wildman–Crippen LogP) is 3.39. The minimum absolute atomic E-state index is 0.0716. The maximum atomic E-state index is 9.69. The Morgan fingerprint density at radius 2 is 1.94 bits per heavy atom. The average molecular weight is 288 g/mol. The molecule has 1 aromatic rings. The fourth-order valence-corrected chi connectivity index (χ4v) is 3.19. The summed E-state index contributed by atoms with van der Waals surface area (Å²) in [6, 6.07) is 5.89. The van der Waals surface area contributed by atoms with Crippen LogP contribution in [0.4, 0.5) is 0 Å². The quantitative estimate of drug-likeness (QED) is 0.893. The maximum absolute atomic E-state index is 9.69. The van der Waals surface area contributed by atoms with E-state index in [0.717, 1.165) is 32.2 Å². The van der Waals surface area contributed by atoms with Gasteiger partial charge < -0.3 is 10.4 Å². The van der Waals surface area contributed by atoms with E-state index in [1.807, 2.05) is 19.2 Å². The number of hydrogen-bond acceptors (Lipinski definition) is 2. The van der Waals surface area contributed by atoms with E-state index < -0.39 is 0 Å². The largest absolute Gasteiger partial charge is 0.393 e. The number of halogens is 2. The SMILES string of the molecule is CNC[C@]1(c2ccc(Cl)c(Cl)c2)CC[C@@H](O)CC1. The molecule has 0 saturated heterocycles.